The molecule has 3 rings (SSSR count). The summed E-state index contributed by atoms with van der Waals surface area (Å²) in [5.74, 6) is 2.86. The first kappa shape index (κ1) is 24.4. The number of amides is 1. The van der Waals surface area contributed by atoms with Crippen molar-refractivity contribution in [3.8, 4) is 0 Å². The van der Waals surface area contributed by atoms with Gasteiger partial charge in [0.25, 0.3) is 5.91 Å². The van der Waals surface area contributed by atoms with Gasteiger partial charge in [0, 0.05) is 32.7 Å². The zero-order valence-electron chi connectivity index (χ0n) is 16.8. The maximum atomic E-state index is 13.6. The fourth-order valence-electron chi connectivity index (χ4n) is 3.36. The van der Waals surface area contributed by atoms with E-state index in [0.717, 1.165) is 12.1 Å². The number of aryl methyl sites for hydroxylation is 1. The predicted octanol–water partition coefficient (Wildman–Crippen LogP) is 4.96. The van der Waals surface area contributed by atoms with Crippen LogP contribution in [0.25, 0.3) is 5.57 Å². The van der Waals surface area contributed by atoms with Crippen LogP contribution in [-0.2, 0) is 9.52 Å². The number of hydrogen-bond donors (Lipinski definition) is 1. The number of carbonyl (C=O) groups is 2. The second kappa shape index (κ2) is 8.92. The van der Waals surface area contributed by atoms with Crippen molar-refractivity contribution in [1.82, 2.24) is 5.32 Å². The van der Waals surface area contributed by atoms with Crippen LogP contribution >= 0.6 is 23.2 Å². The lowest BCUT2D eigenvalue weighted by molar-refractivity contribution is -0.0689. The van der Waals surface area contributed by atoms with Gasteiger partial charge < -0.3 is 5.32 Å². The van der Waals surface area contributed by atoms with Gasteiger partial charge in [0.05, 0.1) is 11.6 Å². The zero-order chi connectivity index (χ0) is 23.8. The number of nitrogens with one attached hydrogen (secondary N) is 1. The Morgan fingerprint density at radius 2 is 1.69 bits per heavy atom. The Morgan fingerprint density at radius 3 is 2.19 bits per heavy atom. The van der Waals surface area contributed by atoms with E-state index in [-0.39, 0.29) is 32.8 Å². The first-order chi connectivity index (χ1) is 14.7. The molecule has 0 unspecified atom stereocenters. The van der Waals surface area contributed by atoms with E-state index < -0.39 is 33.0 Å². The number of hydrogen-bond acceptors (Lipinski definition) is 3. The molecule has 1 saturated heterocycles. The van der Waals surface area contributed by atoms with Gasteiger partial charge in [-0.3, -0.25) is 13.8 Å². The van der Waals surface area contributed by atoms with Gasteiger partial charge in [-0.1, -0.05) is 29.3 Å². The molecule has 32 heavy (non-hydrogen) atoms. The van der Waals surface area contributed by atoms with E-state index in [9.17, 15) is 27.0 Å². The molecular weight excluding hydrogens is 486 g/mol. The minimum atomic E-state index is -4.83. The van der Waals surface area contributed by atoms with Crippen molar-refractivity contribution in [2.24, 2.45) is 0 Å². The fraction of sp³-hybridized carbons (Fsp3) is 0.227. The molecule has 2 aromatic rings. The summed E-state index contributed by atoms with van der Waals surface area (Å²) in [6.07, 6.45) is -4.34. The lowest BCUT2D eigenvalue weighted by Crippen LogP contribution is -2.52. The number of alkyl halides is 3. The number of halogens is 5. The fourth-order valence-corrected chi connectivity index (χ4v) is 5.42. The Bertz CT molecular complexity index is 1210. The van der Waals surface area contributed by atoms with E-state index in [2.05, 4.69) is 11.2 Å². The van der Waals surface area contributed by atoms with E-state index in [1.165, 1.54) is 24.3 Å². The third-order valence-corrected chi connectivity index (χ3v) is 7.31. The third kappa shape index (κ3) is 5.74. The molecule has 1 fully saturated rings. The van der Waals surface area contributed by atoms with Crippen LogP contribution < -0.4 is 5.32 Å². The van der Waals surface area contributed by atoms with Crippen molar-refractivity contribution in [3.05, 3.63) is 74.8 Å². The van der Waals surface area contributed by atoms with Crippen LogP contribution in [0.15, 0.2) is 42.5 Å². The summed E-state index contributed by atoms with van der Waals surface area (Å²) in [6, 6.07) is 7.19. The van der Waals surface area contributed by atoms with Crippen LogP contribution in [0, 0.1) is 6.92 Å². The van der Waals surface area contributed by atoms with Crippen molar-refractivity contribution in [2.75, 3.05) is 11.5 Å². The summed E-state index contributed by atoms with van der Waals surface area (Å²) in [4.78, 5) is 25.0. The van der Waals surface area contributed by atoms with Crippen LogP contribution in [0.3, 0.4) is 0 Å². The SMILES string of the molecule is C=S1(=O)CC(NC(=O)c2ccc(C(=O)/C=C(\c3cc(Cl)cc(Cl)c3)C(F)(F)F)cc2C)C1. The highest BCUT2D eigenvalue weighted by Crippen LogP contribution is 2.36. The topological polar surface area (TPSA) is 63.2 Å². The number of rotatable bonds is 5. The molecule has 1 N–H and O–H groups in total. The molecule has 0 spiro atoms. The monoisotopic (exact) mass is 503 g/mol. The minimum absolute atomic E-state index is 0.00227. The molecule has 0 bridgehead atoms. The first-order valence-electron chi connectivity index (χ1n) is 9.29. The van der Waals surface area contributed by atoms with Gasteiger partial charge in [-0.15, -0.1) is 0 Å². The molecule has 0 aliphatic carbocycles. The lowest BCUT2D eigenvalue weighted by Gasteiger charge is -2.30. The van der Waals surface area contributed by atoms with Crippen molar-refractivity contribution in [2.45, 2.75) is 19.1 Å². The van der Waals surface area contributed by atoms with E-state index in [0.29, 0.717) is 23.1 Å². The largest absolute Gasteiger partial charge is 0.417 e. The Labute approximate surface area is 193 Å². The van der Waals surface area contributed by atoms with E-state index in [4.69, 9.17) is 23.2 Å². The smallest absolute Gasteiger partial charge is 0.347 e. The van der Waals surface area contributed by atoms with Gasteiger partial charge in [-0.05, 0) is 69.9 Å². The molecule has 4 nitrogen and oxygen atoms in total. The molecule has 170 valence electrons. The van der Waals surface area contributed by atoms with Crippen molar-refractivity contribution in [1.29, 1.82) is 0 Å². The first-order valence-corrected chi connectivity index (χ1v) is 12.1. The standard InChI is InChI=1S/C22H18Cl2F3NO3S/c1-12-5-13(3-4-18(12)21(30)28-17-10-32(2,31)11-17)20(29)9-19(22(25,26)27)14-6-15(23)8-16(24)7-14/h3-9,17H,2,10-11H2,1H3,(H,28,30)/b19-9+. The van der Waals surface area contributed by atoms with Crippen molar-refractivity contribution < 1.29 is 27.0 Å². The van der Waals surface area contributed by atoms with Gasteiger partial charge in [0.15, 0.2) is 5.78 Å². The Balaban J connectivity index is 1.86. The summed E-state index contributed by atoms with van der Waals surface area (Å²) in [5.41, 5.74) is -0.855. The second-order valence-corrected chi connectivity index (χ2v) is 11.0. The number of carbonyl (C=O) groups excluding carboxylic acids is 2. The van der Waals surface area contributed by atoms with Gasteiger partial charge in [0.2, 0.25) is 0 Å². The van der Waals surface area contributed by atoms with Gasteiger partial charge >= 0.3 is 6.18 Å². The highest BCUT2D eigenvalue weighted by Gasteiger charge is 2.36. The minimum Gasteiger partial charge on any atom is -0.347 e. The van der Waals surface area contributed by atoms with Crippen molar-refractivity contribution in [3.63, 3.8) is 0 Å². The quantitative estimate of drug-likeness (QED) is 0.356. The number of ketones is 1. The van der Waals surface area contributed by atoms with Crippen LogP contribution in [0.5, 0.6) is 0 Å². The van der Waals surface area contributed by atoms with Crippen molar-refractivity contribution >= 4 is 55.9 Å². The molecular formula is C22H18Cl2F3NO3S. The molecule has 0 radical (unpaired) electrons. The Hall–Kier alpha value is -2.29. The van der Waals surface area contributed by atoms with E-state index >= 15 is 0 Å². The summed E-state index contributed by atoms with van der Waals surface area (Å²) in [5, 5.41) is 2.74. The predicted molar refractivity (Wildman–Crippen MR) is 122 cm³/mol. The average Bonchev–Trinajstić information content (AvgIpc) is 2.62. The van der Waals surface area contributed by atoms with Gasteiger partial charge in [-0.25, -0.2) is 0 Å². The summed E-state index contributed by atoms with van der Waals surface area (Å²) in [7, 11) is -2.11. The van der Waals surface area contributed by atoms with Crippen LogP contribution in [0.4, 0.5) is 13.2 Å². The highest BCUT2D eigenvalue weighted by molar-refractivity contribution is 8.01. The lowest BCUT2D eigenvalue weighted by atomic mass is 9.98. The zero-order valence-corrected chi connectivity index (χ0v) is 19.1. The Morgan fingerprint density at radius 1 is 1.09 bits per heavy atom. The van der Waals surface area contributed by atoms with E-state index in [1.54, 1.807) is 6.92 Å². The van der Waals surface area contributed by atoms with Crippen LogP contribution in [0.2, 0.25) is 10.0 Å². The maximum absolute atomic E-state index is 13.6. The van der Waals surface area contributed by atoms with Crippen LogP contribution in [0.1, 0.15) is 31.8 Å². The molecule has 0 saturated carbocycles. The van der Waals surface area contributed by atoms with Gasteiger partial charge in [-0.2, -0.15) is 13.2 Å². The normalized spacial score (nSPS) is 21.1. The highest BCUT2D eigenvalue weighted by atomic mass is 35.5. The second-order valence-electron chi connectivity index (χ2n) is 7.58. The molecule has 1 aliphatic rings. The molecule has 1 aliphatic heterocycles. The van der Waals surface area contributed by atoms with Gasteiger partial charge in [0.1, 0.15) is 0 Å². The van der Waals surface area contributed by atoms with Crippen LogP contribution in [-0.4, -0.2) is 45.5 Å². The third-order valence-electron chi connectivity index (χ3n) is 4.86. The number of benzene rings is 2. The maximum Gasteiger partial charge on any atom is 0.417 e. The molecule has 0 aromatic heterocycles. The number of allylic oxidation sites excluding steroid dienone is 2. The molecule has 0 atom stereocenters. The Kier molecular flexibility index (Phi) is 6.79. The molecule has 2 aromatic carbocycles. The summed E-state index contributed by atoms with van der Waals surface area (Å²) in [6.45, 7) is 1.57. The summed E-state index contributed by atoms with van der Waals surface area (Å²) < 4.78 is 52.5. The molecule has 1 heterocycles. The molecule has 1 amide bonds. The average molecular weight is 504 g/mol. The van der Waals surface area contributed by atoms with E-state index in [1.807, 2.05) is 0 Å². The summed E-state index contributed by atoms with van der Waals surface area (Å²) >= 11 is 11.6. The molecule has 10 heteroatoms.